The van der Waals surface area contributed by atoms with Gasteiger partial charge in [0.05, 0.1) is 0 Å². The van der Waals surface area contributed by atoms with E-state index in [9.17, 15) is 0 Å². The third kappa shape index (κ3) is 12.7. The number of nitrogens with zero attached hydrogens (tertiary/aromatic N) is 2. The predicted octanol–water partition coefficient (Wildman–Crippen LogP) is 8.05. The molecule has 0 unspecified atom stereocenters. The van der Waals surface area contributed by atoms with Crippen molar-refractivity contribution < 1.29 is 0 Å². The molecule has 0 heterocycles. The van der Waals surface area contributed by atoms with Gasteiger partial charge in [-0.25, -0.2) is 0 Å². The summed E-state index contributed by atoms with van der Waals surface area (Å²) in [4.78, 5) is 5.45. The smallest absolute Gasteiger partial charge is 0.0236 e. The SMILES string of the molecule is CCCCCN(CCCCC)Cc1ccccc1CN(CCCCC)CCCCC. The van der Waals surface area contributed by atoms with E-state index in [0.29, 0.717) is 0 Å². The lowest BCUT2D eigenvalue weighted by Gasteiger charge is -2.27. The van der Waals surface area contributed by atoms with Crippen LogP contribution in [0.25, 0.3) is 0 Å². The van der Waals surface area contributed by atoms with Crippen LogP contribution in [0.4, 0.5) is 0 Å². The van der Waals surface area contributed by atoms with Crippen LogP contribution in [-0.2, 0) is 13.1 Å². The predicted molar refractivity (Wildman–Crippen MR) is 135 cm³/mol. The summed E-state index contributed by atoms with van der Waals surface area (Å²) >= 11 is 0. The first kappa shape index (κ1) is 27.2. The van der Waals surface area contributed by atoms with Crippen LogP contribution in [0.5, 0.6) is 0 Å². The molecule has 2 heteroatoms. The summed E-state index contributed by atoms with van der Waals surface area (Å²) in [5.41, 5.74) is 3.11. The zero-order valence-corrected chi connectivity index (χ0v) is 20.9. The summed E-state index contributed by atoms with van der Waals surface area (Å²) in [5.74, 6) is 0. The van der Waals surface area contributed by atoms with Crippen LogP contribution in [0, 0.1) is 0 Å². The Balaban J connectivity index is 2.78. The molecule has 0 N–H and O–H groups in total. The zero-order chi connectivity index (χ0) is 21.9. The van der Waals surface area contributed by atoms with Crippen molar-refractivity contribution in [3.63, 3.8) is 0 Å². The lowest BCUT2D eigenvalue weighted by Crippen LogP contribution is -2.29. The number of hydrogen-bond acceptors (Lipinski definition) is 2. The molecule has 1 aromatic carbocycles. The van der Waals surface area contributed by atoms with Gasteiger partial charge in [0, 0.05) is 13.1 Å². The van der Waals surface area contributed by atoms with Crippen molar-refractivity contribution in [1.82, 2.24) is 9.80 Å². The lowest BCUT2D eigenvalue weighted by atomic mass is 10.0. The topological polar surface area (TPSA) is 6.48 Å². The van der Waals surface area contributed by atoms with Crippen LogP contribution in [-0.4, -0.2) is 36.0 Å². The number of rotatable bonds is 20. The molecular formula is C28H52N2. The van der Waals surface area contributed by atoms with E-state index in [1.165, 1.54) is 103 Å². The Morgan fingerprint density at radius 1 is 0.467 bits per heavy atom. The van der Waals surface area contributed by atoms with Gasteiger partial charge in [-0.15, -0.1) is 0 Å². The van der Waals surface area contributed by atoms with Crippen LogP contribution in [0.1, 0.15) is 116 Å². The molecule has 0 aliphatic heterocycles. The van der Waals surface area contributed by atoms with E-state index in [2.05, 4.69) is 61.8 Å². The van der Waals surface area contributed by atoms with Gasteiger partial charge in [0.25, 0.3) is 0 Å². The van der Waals surface area contributed by atoms with Crippen molar-refractivity contribution in [3.05, 3.63) is 35.4 Å². The third-order valence-corrected chi connectivity index (χ3v) is 6.22. The van der Waals surface area contributed by atoms with Crippen molar-refractivity contribution in [2.75, 3.05) is 26.2 Å². The number of benzene rings is 1. The molecule has 0 fully saturated rings. The summed E-state index contributed by atoms with van der Waals surface area (Å²) in [6.45, 7) is 16.5. The molecule has 0 bridgehead atoms. The first-order valence-electron chi connectivity index (χ1n) is 13.3. The van der Waals surface area contributed by atoms with Gasteiger partial charge in [0.2, 0.25) is 0 Å². The van der Waals surface area contributed by atoms with Crippen molar-refractivity contribution >= 4 is 0 Å². The summed E-state index contributed by atoms with van der Waals surface area (Å²) < 4.78 is 0. The highest BCUT2D eigenvalue weighted by Crippen LogP contribution is 2.17. The summed E-state index contributed by atoms with van der Waals surface area (Å²) in [6, 6.07) is 9.26. The maximum absolute atomic E-state index is 2.72. The van der Waals surface area contributed by atoms with Gasteiger partial charge in [0.15, 0.2) is 0 Å². The summed E-state index contributed by atoms with van der Waals surface area (Å²) in [6.07, 6.45) is 16.0. The molecule has 1 rings (SSSR count). The molecule has 0 aromatic heterocycles. The quantitative estimate of drug-likeness (QED) is 0.198. The summed E-state index contributed by atoms with van der Waals surface area (Å²) in [5, 5.41) is 0. The minimum absolute atomic E-state index is 1.13. The molecule has 1 aromatic rings. The molecule has 174 valence electrons. The van der Waals surface area contributed by atoms with E-state index in [4.69, 9.17) is 0 Å². The highest BCUT2D eigenvalue weighted by atomic mass is 15.1. The van der Waals surface area contributed by atoms with E-state index in [1.54, 1.807) is 11.1 Å². The first-order chi connectivity index (χ1) is 14.7. The van der Waals surface area contributed by atoms with Crippen LogP contribution in [0.15, 0.2) is 24.3 Å². The highest BCUT2D eigenvalue weighted by molar-refractivity contribution is 5.27. The zero-order valence-electron chi connectivity index (χ0n) is 20.9. The minimum Gasteiger partial charge on any atom is -0.299 e. The molecule has 0 aliphatic rings. The minimum atomic E-state index is 1.13. The second-order valence-corrected chi connectivity index (χ2v) is 9.15. The van der Waals surface area contributed by atoms with Crippen molar-refractivity contribution in [2.45, 2.75) is 118 Å². The Morgan fingerprint density at radius 3 is 1.03 bits per heavy atom. The van der Waals surface area contributed by atoms with Gasteiger partial charge in [-0.05, 0) is 63.0 Å². The highest BCUT2D eigenvalue weighted by Gasteiger charge is 2.12. The van der Waals surface area contributed by atoms with Gasteiger partial charge < -0.3 is 0 Å². The van der Waals surface area contributed by atoms with Crippen LogP contribution in [0.3, 0.4) is 0 Å². The number of unbranched alkanes of at least 4 members (excludes halogenated alkanes) is 8. The van der Waals surface area contributed by atoms with E-state index in [1.807, 2.05) is 0 Å². The molecule has 0 amide bonds. The maximum Gasteiger partial charge on any atom is 0.0236 e. The Bertz CT molecular complexity index is 434. The van der Waals surface area contributed by atoms with Crippen molar-refractivity contribution in [1.29, 1.82) is 0 Å². The molecular weight excluding hydrogens is 364 g/mol. The average Bonchev–Trinajstić information content (AvgIpc) is 2.75. The lowest BCUT2D eigenvalue weighted by molar-refractivity contribution is 0.241. The normalized spacial score (nSPS) is 11.7. The fourth-order valence-electron chi connectivity index (χ4n) is 4.23. The van der Waals surface area contributed by atoms with Gasteiger partial charge >= 0.3 is 0 Å². The Morgan fingerprint density at radius 2 is 0.767 bits per heavy atom. The molecule has 0 spiro atoms. The molecule has 0 saturated heterocycles. The van der Waals surface area contributed by atoms with E-state index >= 15 is 0 Å². The standard InChI is InChI=1S/C28H52N2/c1-5-9-15-21-29(22-16-10-6-2)25-27-19-13-14-20-28(27)26-30(23-17-11-7-3)24-18-12-8-4/h13-14,19-20H,5-12,15-18,21-26H2,1-4H3. The molecule has 0 aliphatic carbocycles. The Hall–Kier alpha value is -0.860. The van der Waals surface area contributed by atoms with Gasteiger partial charge in [-0.2, -0.15) is 0 Å². The van der Waals surface area contributed by atoms with Gasteiger partial charge in [-0.1, -0.05) is 103 Å². The Kier molecular flexibility index (Phi) is 17.1. The fraction of sp³-hybridized carbons (Fsp3) is 0.786. The molecule has 0 atom stereocenters. The molecule has 0 saturated carbocycles. The first-order valence-corrected chi connectivity index (χ1v) is 13.3. The third-order valence-electron chi connectivity index (χ3n) is 6.22. The van der Waals surface area contributed by atoms with Gasteiger partial charge in [0.1, 0.15) is 0 Å². The molecule has 30 heavy (non-hydrogen) atoms. The monoisotopic (exact) mass is 416 g/mol. The molecule has 0 radical (unpaired) electrons. The second kappa shape index (κ2) is 18.9. The van der Waals surface area contributed by atoms with E-state index in [-0.39, 0.29) is 0 Å². The van der Waals surface area contributed by atoms with E-state index in [0.717, 1.165) is 13.1 Å². The largest absolute Gasteiger partial charge is 0.299 e. The van der Waals surface area contributed by atoms with Crippen LogP contribution in [0.2, 0.25) is 0 Å². The van der Waals surface area contributed by atoms with Crippen molar-refractivity contribution in [3.8, 4) is 0 Å². The van der Waals surface area contributed by atoms with Crippen LogP contribution < -0.4 is 0 Å². The summed E-state index contributed by atoms with van der Waals surface area (Å²) in [7, 11) is 0. The fourth-order valence-corrected chi connectivity index (χ4v) is 4.23. The van der Waals surface area contributed by atoms with E-state index < -0.39 is 0 Å². The molecule has 2 nitrogen and oxygen atoms in total. The Labute approximate surface area is 189 Å². The van der Waals surface area contributed by atoms with Gasteiger partial charge in [-0.3, -0.25) is 9.80 Å². The van der Waals surface area contributed by atoms with Crippen molar-refractivity contribution in [2.24, 2.45) is 0 Å². The second-order valence-electron chi connectivity index (χ2n) is 9.15. The average molecular weight is 417 g/mol. The van der Waals surface area contributed by atoms with Crippen LogP contribution >= 0.6 is 0 Å². The maximum atomic E-state index is 2.72. The number of hydrogen-bond donors (Lipinski definition) is 0.